The van der Waals surface area contributed by atoms with Crippen LogP contribution in [0.15, 0.2) is 28.1 Å². The van der Waals surface area contributed by atoms with Crippen LogP contribution in [-0.2, 0) is 5.41 Å². The monoisotopic (exact) mass is 247 g/mol. The minimum absolute atomic E-state index is 0.128. The minimum atomic E-state index is 0.128. The Labute approximate surface area is 110 Å². The fraction of sp³-hybridized carbons (Fsp3) is 0.533. The zero-order chi connectivity index (χ0) is 12.5. The normalized spacial score (nSPS) is 22.5. The smallest absolute Gasteiger partial charge is 0.0671 e. The minimum Gasteiger partial charge on any atom is -0.257 e. The summed E-state index contributed by atoms with van der Waals surface area (Å²) in [5.41, 5.74) is 3.88. The van der Waals surface area contributed by atoms with Crippen LogP contribution in [0.4, 0.5) is 5.69 Å². The SMILES string of the molecule is CCCCCC1(C)C(C)=Nc2ccc(S)cc21. The van der Waals surface area contributed by atoms with Crippen LogP contribution in [0.1, 0.15) is 52.0 Å². The van der Waals surface area contributed by atoms with Gasteiger partial charge in [-0.3, -0.25) is 4.99 Å². The number of hydrogen-bond acceptors (Lipinski definition) is 2. The Kier molecular flexibility index (Phi) is 3.62. The fourth-order valence-corrected chi connectivity index (χ4v) is 2.81. The second-order valence-corrected chi connectivity index (χ2v) is 5.70. The van der Waals surface area contributed by atoms with Gasteiger partial charge >= 0.3 is 0 Å². The van der Waals surface area contributed by atoms with Crippen molar-refractivity contribution < 1.29 is 0 Å². The Hall–Kier alpha value is -0.760. The number of unbranched alkanes of at least 4 members (excludes halogenated alkanes) is 2. The summed E-state index contributed by atoms with van der Waals surface area (Å²) in [7, 11) is 0. The van der Waals surface area contributed by atoms with E-state index in [1.807, 2.05) is 6.07 Å². The highest BCUT2D eigenvalue weighted by molar-refractivity contribution is 7.80. The number of benzene rings is 1. The third-order valence-corrected chi connectivity index (χ3v) is 4.22. The van der Waals surface area contributed by atoms with Gasteiger partial charge in [0.05, 0.1) is 5.69 Å². The van der Waals surface area contributed by atoms with Crippen molar-refractivity contribution in [2.75, 3.05) is 0 Å². The van der Waals surface area contributed by atoms with Gasteiger partial charge < -0.3 is 0 Å². The maximum atomic E-state index is 4.71. The molecule has 0 saturated carbocycles. The molecular weight excluding hydrogens is 226 g/mol. The average Bonchev–Trinajstić information content (AvgIpc) is 2.53. The second-order valence-electron chi connectivity index (χ2n) is 5.19. The van der Waals surface area contributed by atoms with Crippen molar-refractivity contribution in [2.24, 2.45) is 4.99 Å². The summed E-state index contributed by atoms with van der Waals surface area (Å²) >= 11 is 4.45. The largest absolute Gasteiger partial charge is 0.257 e. The van der Waals surface area contributed by atoms with Gasteiger partial charge in [0.25, 0.3) is 0 Å². The van der Waals surface area contributed by atoms with E-state index in [-0.39, 0.29) is 5.41 Å². The molecule has 0 amide bonds. The van der Waals surface area contributed by atoms with Crippen LogP contribution in [-0.4, -0.2) is 5.71 Å². The van der Waals surface area contributed by atoms with Crippen molar-refractivity contribution >= 4 is 24.0 Å². The first kappa shape index (κ1) is 12.7. The molecule has 0 aromatic heterocycles. The molecule has 0 aliphatic carbocycles. The summed E-state index contributed by atoms with van der Waals surface area (Å²) in [4.78, 5) is 5.75. The zero-order valence-electron chi connectivity index (χ0n) is 11.0. The van der Waals surface area contributed by atoms with Gasteiger partial charge in [0.1, 0.15) is 0 Å². The lowest BCUT2D eigenvalue weighted by Gasteiger charge is -2.26. The standard InChI is InChI=1S/C15H21NS/c1-4-5-6-9-15(3)11(2)16-14-8-7-12(17)10-13(14)15/h7-8,10,17H,4-6,9H2,1-3H3. The van der Waals surface area contributed by atoms with Crippen LogP contribution < -0.4 is 0 Å². The van der Waals surface area contributed by atoms with Gasteiger partial charge in [-0.1, -0.05) is 33.1 Å². The topological polar surface area (TPSA) is 12.4 Å². The van der Waals surface area contributed by atoms with Crippen molar-refractivity contribution in [2.45, 2.75) is 56.8 Å². The molecule has 1 nitrogen and oxygen atoms in total. The Morgan fingerprint density at radius 3 is 2.76 bits per heavy atom. The van der Waals surface area contributed by atoms with E-state index < -0.39 is 0 Å². The number of fused-ring (bicyclic) bond motifs is 1. The van der Waals surface area contributed by atoms with Crippen molar-refractivity contribution in [3.05, 3.63) is 23.8 Å². The molecule has 2 heteroatoms. The van der Waals surface area contributed by atoms with Gasteiger partial charge in [-0.25, -0.2) is 0 Å². The molecule has 0 radical (unpaired) electrons. The Morgan fingerprint density at radius 1 is 1.29 bits per heavy atom. The predicted molar refractivity (Wildman–Crippen MR) is 78.0 cm³/mol. The van der Waals surface area contributed by atoms with Crippen LogP contribution >= 0.6 is 12.6 Å². The number of hydrogen-bond donors (Lipinski definition) is 1. The molecule has 1 aromatic carbocycles. The molecule has 1 atom stereocenters. The maximum absolute atomic E-state index is 4.71. The van der Waals surface area contributed by atoms with Gasteiger partial charge in [-0.2, -0.15) is 0 Å². The number of rotatable bonds is 4. The Morgan fingerprint density at radius 2 is 2.06 bits per heavy atom. The van der Waals surface area contributed by atoms with Crippen molar-refractivity contribution in [1.29, 1.82) is 0 Å². The van der Waals surface area contributed by atoms with E-state index in [0.717, 1.165) is 10.6 Å². The van der Waals surface area contributed by atoms with Crippen molar-refractivity contribution in [3.63, 3.8) is 0 Å². The molecule has 2 rings (SSSR count). The third-order valence-electron chi connectivity index (χ3n) is 3.94. The van der Waals surface area contributed by atoms with Crippen molar-refractivity contribution in [1.82, 2.24) is 0 Å². The molecule has 1 aliphatic rings. The highest BCUT2D eigenvalue weighted by Crippen LogP contribution is 2.44. The quantitative estimate of drug-likeness (QED) is 0.573. The Bertz CT molecular complexity index is 450. The zero-order valence-corrected chi connectivity index (χ0v) is 11.8. The van der Waals surface area contributed by atoms with Crippen LogP contribution in [0.2, 0.25) is 0 Å². The molecule has 0 spiro atoms. The lowest BCUT2D eigenvalue weighted by molar-refractivity contribution is 0.532. The average molecular weight is 247 g/mol. The van der Waals surface area contributed by atoms with Crippen LogP contribution in [0, 0.1) is 0 Å². The first-order chi connectivity index (χ1) is 8.08. The summed E-state index contributed by atoms with van der Waals surface area (Å²) in [6.07, 6.45) is 5.04. The summed E-state index contributed by atoms with van der Waals surface area (Å²) in [6.45, 7) is 6.72. The molecule has 1 aliphatic heterocycles. The molecule has 0 fully saturated rings. The lowest BCUT2D eigenvalue weighted by atomic mass is 9.76. The molecule has 1 heterocycles. The van der Waals surface area contributed by atoms with E-state index in [1.54, 1.807) is 0 Å². The summed E-state index contributed by atoms with van der Waals surface area (Å²) < 4.78 is 0. The van der Waals surface area contributed by atoms with Gasteiger partial charge in [0.2, 0.25) is 0 Å². The molecule has 1 aromatic rings. The summed E-state index contributed by atoms with van der Waals surface area (Å²) in [5.74, 6) is 0. The van der Waals surface area contributed by atoms with Gasteiger partial charge in [0, 0.05) is 16.0 Å². The van der Waals surface area contributed by atoms with Crippen LogP contribution in [0.25, 0.3) is 0 Å². The highest BCUT2D eigenvalue weighted by Gasteiger charge is 2.36. The molecule has 1 unspecified atom stereocenters. The molecule has 0 saturated heterocycles. The molecule has 0 N–H and O–H groups in total. The number of nitrogens with zero attached hydrogens (tertiary/aromatic N) is 1. The van der Waals surface area contributed by atoms with E-state index in [4.69, 9.17) is 4.99 Å². The van der Waals surface area contributed by atoms with Gasteiger partial charge in [-0.05, 0) is 37.1 Å². The second kappa shape index (κ2) is 4.85. The molecular formula is C15H21NS. The number of thiol groups is 1. The van der Waals surface area contributed by atoms with E-state index in [0.29, 0.717) is 0 Å². The van der Waals surface area contributed by atoms with Crippen LogP contribution in [0.3, 0.4) is 0 Å². The van der Waals surface area contributed by atoms with E-state index in [1.165, 1.54) is 37.0 Å². The third kappa shape index (κ3) is 2.28. The highest BCUT2D eigenvalue weighted by atomic mass is 32.1. The molecule has 0 bridgehead atoms. The lowest BCUT2D eigenvalue weighted by Crippen LogP contribution is -2.27. The van der Waals surface area contributed by atoms with Crippen molar-refractivity contribution in [3.8, 4) is 0 Å². The predicted octanol–water partition coefficient (Wildman–Crippen LogP) is 4.92. The number of aliphatic imine (C=N–C) groups is 1. The fourth-order valence-electron chi connectivity index (χ4n) is 2.61. The van der Waals surface area contributed by atoms with E-state index in [2.05, 4.69) is 45.5 Å². The summed E-state index contributed by atoms with van der Waals surface area (Å²) in [5, 5.41) is 0. The van der Waals surface area contributed by atoms with Gasteiger partial charge in [0.15, 0.2) is 0 Å². The molecule has 17 heavy (non-hydrogen) atoms. The van der Waals surface area contributed by atoms with Gasteiger partial charge in [-0.15, -0.1) is 12.6 Å². The first-order valence-electron chi connectivity index (χ1n) is 6.47. The van der Waals surface area contributed by atoms with Crippen LogP contribution in [0.5, 0.6) is 0 Å². The Balaban J connectivity index is 2.30. The molecule has 92 valence electrons. The maximum Gasteiger partial charge on any atom is 0.0671 e. The first-order valence-corrected chi connectivity index (χ1v) is 6.92. The summed E-state index contributed by atoms with van der Waals surface area (Å²) in [6, 6.07) is 6.30. The van der Waals surface area contributed by atoms with E-state index >= 15 is 0 Å². The van der Waals surface area contributed by atoms with E-state index in [9.17, 15) is 0 Å².